The number of anilines is 2. The lowest BCUT2D eigenvalue weighted by molar-refractivity contribution is -0.156. The fourth-order valence-corrected chi connectivity index (χ4v) is 8.73. The van der Waals surface area contributed by atoms with Gasteiger partial charge in [-0.05, 0) is 38.1 Å². The summed E-state index contributed by atoms with van der Waals surface area (Å²) in [5, 5.41) is 42.1. The number of rotatable bonds is 16. The van der Waals surface area contributed by atoms with Crippen LogP contribution in [0.1, 0.15) is 26.3 Å². The topological polar surface area (TPSA) is 425 Å². The highest BCUT2D eigenvalue weighted by atomic mass is 31.2. The number of halogens is 4. The Kier molecular flexibility index (Phi) is 16.7. The first-order chi connectivity index (χ1) is 34.8. The van der Waals surface area contributed by atoms with Crippen molar-refractivity contribution in [3.8, 4) is 22.8 Å². The minimum Gasteiger partial charge on any atom is -0.464 e. The smallest absolute Gasteiger partial charge is 0.365 e. The number of benzene rings is 2. The molecule has 34 heteroatoms. The number of nitrogens with two attached hydrogens (primary N) is 2. The molecule has 0 amide bonds. The molecule has 2 saturated heterocycles. The summed E-state index contributed by atoms with van der Waals surface area (Å²) in [6.45, 7) is 1.13. The third kappa shape index (κ3) is 12.0. The summed E-state index contributed by atoms with van der Waals surface area (Å²) in [6.07, 6.45) is -9.54. The number of imidazole rings is 2. The Morgan fingerprint density at radius 1 is 0.608 bits per heavy atom. The van der Waals surface area contributed by atoms with Crippen LogP contribution in [-0.2, 0) is 47.1 Å². The van der Waals surface area contributed by atoms with E-state index in [1.165, 1.54) is 35.6 Å². The molecule has 0 unspecified atom stereocenters. The number of aliphatic hydroxyl groups excluding tert-OH is 4. The van der Waals surface area contributed by atoms with Crippen molar-refractivity contribution in [1.82, 2.24) is 39.0 Å². The van der Waals surface area contributed by atoms with Gasteiger partial charge in [-0.3, -0.25) is 18.3 Å². The molecule has 6 aromatic rings. The molecule has 0 radical (unpaired) electrons. The van der Waals surface area contributed by atoms with Crippen molar-refractivity contribution in [2.75, 3.05) is 37.9 Å². The molecular weight excluding hydrogens is 1050 g/mol. The molecule has 2 aliphatic heterocycles. The monoisotopic (exact) mass is 1090 g/mol. The first-order valence-electron chi connectivity index (χ1n) is 21.4. The number of nitrogens with zero attached hydrogens (tertiary/aromatic N) is 8. The lowest BCUT2D eigenvalue weighted by Gasteiger charge is -2.21. The maximum atomic E-state index is 13.7. The number of esters is 2. The van der Waals surface area contributed by atoms with E-state index in [9.17, 15) is 76.3 Å². The number of ether oxygens (including phenoxy) is 6. The Bertz CT molecular complexity index is 2900. The number of carbonyl (C=O) groups is 2. The number of hydrogen-bond acceptors (Lipinski definition) is 22. The summed E-state index contributed by atoms with van der Waals surface area (Å²) >= 11 is 0. The summed E-state index contributed by atoms with van der Waals surface area (Å²) in [5.41, 5.74) is 11.9. The largest absolute Gasteiger partial charge is 0.464 e. The maximum Gasteiger partial charge on any atom is 0.365 e. The van der Waals surface area contributed by atoms with Gasteiger partial charge in [-0.1, -0.05) is 0 Å². The van der Waals surface area contributed by atoms with Crippen LogP contribution in [0.15, 0.2) is 49.1 Å². The zero-order valence-corrected chi connectivity index (χ0v) is 39.8. The first-order valence-corrected chi connectivity index (χ1v) is 24.8. The second-order valence-electron chi connectivity index (χ2n) is 16.0. The Balaban J connectivity index is 0.000000216. The Hall–Kier alpha value is -6.22. The third-order valence-electron chi connectivity index (χ3n) is 10.8. The Labute approximate surface area is 411 Å². The van der Waals surface area contributed by atoms with Gasteiger partial charge in [0.2, 0.25) is 0 Å². The number of aromatic nitrogens is 8. The average Bonchev–Trinajstić information content (AvgIpc) is 4.07. The van der Waals surface area contributed by atoms with E-state index in [1.807, 2.05) is 0 Å². The van der Waals surface area contributed by atoms with Crippen molar-refractivity contribution in [3.63, 3.8) is 0 Å². The summed E-state index contributed by atoms with van der Waals surface area (Å²) in [5.74, 6) is -11.2. The van der Waals surface area contributed by atoms with Gasteiger partial charge >= 0.3 is 27.1 Å². The molecule has 2 aliphatic rings. The highest BCUT2D eigenvalue weighted by Gasteiger charge is 2.48. The second kappa shape index (κ2) is 22.3. The van der Waals surface area contributed by atoms with Gasteiger partial charge in [0.25, 0.3) is 11.7 Å². The number of carbonyl (C=O) groups excluding carboxylic acids is 2. The van der Waals surface area contributed by atoms with Gasteiger partial charge in [0, 0.05) is 23.3 Å². The van der Waals surface area contributed by atoms with Gasteiger partial charge in [0.15, 0.2) is 47.0 Å². The second-order valence-corrected chi connectivity index (χ2v) is 19.3. The molecule has 0 saturated carbocycles. The summed E-state index contributed by atoms with van der Waals surface area (Å²) < 4.78 is 111. The molecule has 8 rings (SSSR count). The summed E-state index contributed by atoms with van der Waals surface area (Å²) in [6, 6.07) is 5.29. The first kappa shape index (κ1) is 55.5. The number of hydrogen-bond donors (Lipinski definition) is 10. The molecule has 6 heterocycles. The van der Waals surface area contributed by atoms with Crippen molar-refractivity contribution in [3.05, 3.63) is 72.3 Å². The molecule has 0 bridgehead atoms. The van der Waals surface area contributed by atoms with Crippen molar-refractivity contribution in [1.29, 1.82) is 0 Å². The molecule has 0 aliphatic carbocycles. The quantitative estimate of drug-likeness (QED) is 0.0349. The van der Waals surface area contributed by atoms with Crippen LogP contribution in [0, 0.1) is 23.3 Å². The van der Waals surface area contributed by atoms with E-state index >= 15 is 0 Å². The minimum atomic E-state index is -5.09. The van der Waals surface area contributed by atoms with Crippen LogP contribution in [0.3, 0.4) is 0 Å². The summed E-state index contributed by atoms with van der Waals surface area (Å²) in [4.78, 5) is 86.0. The third-order valence-corrected chi connectivity index (χ3v) is 12.7. The van der Waals surface area contributed by atoms with Crippen LogP contribution in [-0.4, -0.2) is 166 Å². The number of nitrogen functional groups attached to an aromatic ring is 2. The number of aliphatic hydroxyl groups is 4. The molecule has 2 aromatic carbocycles. The van der Waals surface area contributed by atoms with Crippen molar-refractivity contribution < 1.29 is 105 Å². The van der Waals surface area contributed by atoms with Crippen LogP contribution in [0.4, 0.5) is 29.2 Å². The molecular formula is C40H44F4N10O18P2. The fourth-order valence-electron chi connectivity index (χ4n) is 7.47. The van der Waals surface area contributed by atoms with Crippen LogP contribution >= 0.6 is 15.2 Å². The SMILES string of the molecule is CCOC(=O)[C@@H](OC[C@H]1O[C@@H](n2cnc3c(N)nc(-c4cc(F)cc(F)c4)nc32)[C@H](O)[C@@H]1O)P(=O)(O)O.CCOC(=O)[C@H](OC[C@H]1O[C@@H](n2cnc3c(N)nc(-c4cc(F)cc(F)c4)nc32)[C@H](O)[C@@H]1O)P(=O)(O)O. The van der Waals surface area contributed by atoms with E-state index in [0.29, 0.717) is 12.1 Å². The molecule has 2 fully saturated rings. The van der Waals surface area contributed by atoms with Gasteiger partial charge in [0.05, 0.1) is 39.1 Å². The average molecular weight is 1090 g/mol. The van der Waals surface area contributed by atoms with Gasteiger partial charge in [-0.15, -0.1) is 0 Å². The Morgan fingerprint density at radius 2 is 0.946 bits per heavy atom. The van der Waals surface area contributed by atoms with E-state index < -0.39 is 124 Å². The predicted molar refractivity (Wildman–Crippen MR) is 239 cm³/mol. The van der Waals surface area contributed by atoms with E-state index in [0.717, 1.165) is 24.3 Å². The van der Waals surface area contributed by atoms with E-state index in [4.69, 9.17) is 30.4 Å². The zero-order valence-electron chi connectivity index (χ0n) is 38.0. The molecule has 74 heavy (non-hydrogen) atoms. The summed E-state index contributed by atoms with van der Waals surface area (Å²) in [7, 11) is -10.2. The number of fused-ring (bicyclic) bond motifs is 2. The van der Waals surface area contributed by atoms with Crippen LogP contribution in [0.2, 0.25) is 0 Å². The van der Waals surface area contributed by atoms with Gasteiger partial charge in [-0.2, -0.15) is 0 Å². The van der Waals surface area contributed by atoms with Crippen LogP contribution in [0.5, 0.6) is 0 Å². The van der Waals surface area contributed by atoms with Crippen LogP contribution < -0.4 is 11.5 Å². The molecule has 4 aromatic heterocycles. The van der Waals surface area contributed by atoms with E-state index in [-0.39, 0.29) is 70.0 Å². The maximum absolute atomic E-state index is 13.7. The predicted octanol–water partition coefficient (Wildman–Crippen LogP) is 0.113. The van der Waals surface area contributed by atoms with E-state index in [2.05, 4.69) is 39.4 Å². The Morgan fingerprint density at radius 3 is 1.26 bits per heavy atom. The highest BCUT2D eigenvalue weighted by Crippen LogP contribution is 2.45. The molecule has 10 atom stereocenters. The molecule has 28 nitrogen and oxygen atoms in total. The molecule has 0 spiro atoms. The zero-order chi connectivity index (χ0) is 54.1. The van der Waals surface area contributed by atoms with Crippen LogP contribution in [0.25, 0.3) is 45.1 Å². The fraction of sp³-hybridized carbons (Fsp3) is 0.400. The van der Waals surface area contributed by atoms with Gasteiger partial charge in [0.1, 0.15) is 70.9 Å². The van der Waals surface area contributed by atoms with Crippen molar-refractivity contribution in [2.24, 2.45) is 0 Å². The van der Waals surface area contributed by atoms with Gasteiger partial charge in [-0.25, -0.2) is 57.1 Å². The molecule has 12 N–H and O–H groups in total. The minimum absolute atomic E-state index is 0.00962. The van der Waals surface area contributed by atoms with E-state index in [1.54, 1.807) is 0 Å². The molecule has 400 valence electrons. The normalized spacial score (nSPS) is 22.9. The van der Waals surface area contributed by atoms with Crippen molar-refractivity contribution in [2.45, 2.75) is 74.6 Å². The van der Waals surface area contributed by atoms with Crippen molar-refractivity contribution >= 4 is 61.1 Å². The standard InChI is InChI=1S/2C20H22F2N5O9P/c2*1-2-34-19(30)20(37(31,32)33)35-6-11-13(28)14(29)18(36-11)27-7-24-12-15(23)25-16(26-17(12)27)8-3-9(21)5-10(22)4-8/h2*3-5,7,11,13-14,18,20,28-29H,2,6H2,1H3,(H2,23,25,26)(H2,31,32,33)/t11-,13-,14-,18-,20+;11-,13-,14-,18-,20-/m11/s1. The highest BCUT2D eigenvalue weighted by molar-refractivity contribution is 7.53. The van der Waals surface area contributed by atoms with Gasteiger partial charge < -0.3 is 79.9 Å². The lowest BCUT2D eigenvalue weighted by Crippen LogP contribution is -2.36. The lowest BCUT2D eigenvalue weighted by atomic mass is 10.1.